The summed E-state index contributed by atoms with van der Waals surface area (Å²) in [6.07, 6.45) is -0.183. The summed E-state index contributed by atoms with van der Waals surface area (Å²) in [4.78, 5) is 41.4. The smallest absolute Gasteiger partial charge is 0.258 e. The number of amides is 3. The average Bonchev–Trinajstić information content (AvgIpc) is 3.06. The third kappa shape index (κ3) is 6.90. The van der Waals surface area contributed by atoms with Gasteiger partial charge < -0.3 is 29.7 Å². The minimum absolute atomic E-state index is 0.0599. The lowest BCUT2D eigenvalue weighted by Gasteiger charge is -2.39. The SMILES string of the molecule is COc1ccc2cc1OCC(=O)N[C@@H]1CN(C(=O)c3cccc(-c4ccccc4)c3)CC[C@@H]1Oc1cc(F)cc(c1)CNC2=O. The molecule has 10 heteroatoms. The third-order valence-electron chi connectivity index (χ3n) is 7.86. The van der Waals surface area contributed by atoms with Gasteiger partial charge in [0.25, 0.3) is 17.7 Å². The van der Waals surface area contributed by atoms with Crippen LogP contribution in [0.25, 0.3) is 11.1 Å². The molecule has 2 N–H and O–H groups in total. The van der Waals surface area contributed by atoms with Crippen molar-refractivity contribution in [2.24, 2.45) is 0 Å². The molecule has 9 nitrogen and oxygen atoms in total. The Kier molecular flexibility index (Phi) is 8.63. The number of nitrogens with one attached hydrogen (secondary N) is 2. The Morgan fingerprint density at radius 3 is 2.58 bits per heavy atom. The molecule has 2 aliphatic heterocycles. The third-order valence-corrected chi connectivity index (χ3v) is 7.86. The van der Waals surface area contributed by atoms with Crippen molar-refractivity contribution in [1.82, 2.24) is 15.5 Å². The van der Waals surface area contributed by atoms with Crippen molar-refractivity contribution in [2.45, 2.75) is 25.1 Å². The summed E-state index contributed by atoms with van der Waals surface area (Å²) >= 11 is 0. The largest absolute Gasteiger partial charge is 0.493 e. The van der Waals surface area contributed by atoms with Crippen molar-refractivity contribution < 1.29 is 33.0 Å². The Balaban J connectivity index is 1.27. The lowest BCUT2D eigenvalue weighted by atomic mass is 9.99. The van der Waals surface area contributed by atoms with Crippen molar-refractivity contribution in [2.75, 3.05) is 26.8 Å². The first-order valence-corrected chi connectivity index (χ1v) is 14.7. The lowest BCUT2D eigenvalue weighted by Crippen LogP contribution is -2.58. The van der Waals surface area contributed by atoms with Crippen LogP contribution >= 0.6 is 0 Å². The number of methoxy groups -OCH3 is 1. The monoisotopic (exact) mass is 609 g/mol. The van der Waals surface area contributed by atoms with E-state index in [2.05, 4.69) is 10.6 Å². The highest BCUT2D eigenvalue weighted by molar-refractivity contribution is 5.96. The molecule has 2 heterocycles. The fraction of sp³-hybridized carbons (Fsp3) is 0.229. The Morgan fingerprint density at radius 2 is 1.76 bits per heavy atom. The van der Waals surface area contributed by atoms with Gasteiger partial charge in [0.15, 0.2) is 18.1 Å². The molecule has 4 aromatic carbocycles. The van der Waals surface area contributed by atoms with E-state index in [1.165, 1.54) is 25.3 Å². The standard InChI is InChI=1S/C35H32FN3O6/c1-43-31-11-10-25-17-32(31)44-21-33(40)38-29-20-39(35(42)26-9-5-8-24(16-26)23-6-3-2-4-7-23)13-12-30(29)45-28-15-22(14-27(36)18-28)19-37-34(25)41/h2-11,14-18,29-30H,12-13,19-21H2,1H3,(H,37,41)(H,38,40)/t29-,30+/m1/s1. The second kappa shape index (κ2) is 13.1. The number of likely N-dealkylation sites (tertiary alicyclic amines) is 1. The molecule has 4 aromatic rings. The summed E-state index contributed by atoms with van der Waals surface area (Å²) in [5.74, 6) is -0.738. The van der Waals surface area contributed by atoms with Gasteiger partial charge in [-0.2, -0.15) is 0 Å². The molecule has 2 aliphatic rings. The van der Waals surface area contributed by atoms with Gasteiger partial charge in [-0.1, -0.05) is 42.5 Å². The minimum Gasteiger partial charge on any atom is -0.493 e. The molecule has 0 spiro atoms. The lowest BCUT2D eigenvalue weighted by molar-refractivity contribution is -0.125. The first-order chi connectivity index (χ1) is 21.9. The minimum atomic E-state index is -0.622. The number of carbonyl (C=O) groups is 3. The van der Waals surface area contributed by atoms with E-state index in [4.69, 9.17) is 14.2 Å². The van der Waals surface area contributed by atoms with Crippen molar-refractivity contribution in [3.63, 3.8) is 0 Å². The van der Waals surface area contributed by atoms with E-state index in [0.29, 0.717) is 29.8 Å². The highest BCUT2D eigenvalue weighted by atomic mass is 19.1. The van der Waals surface area contributed by atoms with Crippen molar-refractivity contribution >= 4 is 17.7 Å². The van der Waals surface area contributed by atoms with E-state index in [0.717, 1.165) is 11.1 Å². The summed E-state index contributed by atoms with van der Waals surface area (Å²) in [5, 5.41) is 5.73. The first-order valence-electron chi connectivity index (χ1n) is 14.7. The molecule has 1 saturated heterocycles. The van der Waals surface area contributed by atoms with Crippen LogP contribution in [0.2, 0.25) is 0 Å². The van der Waals surface area contributed by atoms with Crippen molar-refractivity contribution in [3.05, 3.63) is 114 Å². The molecule has 0 radical (unpaired) electrons. The maximum atomic E-state index is 14.6. The van der Waals surface area contributed by atoms with Crippen LogP contribution in [0.5, 0.6) is 17.2 Å². The molecule has 6 rings (SSSR count). The number of fused-ring (bicyclic) bond motifs is 5. The summed E-state index contributed by atoms with van der Waals surface area (Å²) in [6, 6.07) is 25.5. The Morgan fingerprint density at radius 1 is 0.933 bits per heavy atom. The highest BCUT2D eigenvalue weighted by Gasteiger charge is 2.35. The van der Waals surface area contributed by atoms with Crippen LogP contribution in [-0.2, 0) is 11.3 Å². The van der Waals surface area contributed by atoms with Crippen LogP contribution in [0.4, 0.5) is 4.39 Å². The summed E-state index contributed by atoms with van der Waals surface area (Å²) in [7, 11) is 1.46. The second-order valence-corrected chi connectivity index (χ2v) is 10.9. The summed E-state index contributed by atoms with van der Waals surface area (Å²) in [5.41, 5.74) is 3.24. The molecule has 3 amide bonds. The molecule has 1 fully saturated rings. The van der Waals surface area contributed by atoms with Gasteiger partial charge in [0.05, 0.1) is 13.2 Å². The number of carbonyl (C=O) groups excluding carboxylic acids is 3. The summed E-state index contributed by atoms with van der Waals surface area (Å²) in [6.45, 7) is 0.220. The maximum Gasteiger partial charge on any atom is 0.258 e. The van der Waals surface area contributed by atoms with E-state index < -0.39 is 29.8 Å². The average molecular weight is 610 g/mol. The van der Waals surface area contributed by atoms with E-state index in [1.54, 1.807) is 29.2 Å². The number of hydrogen-bond acceptors (Lipinski definition) is 6. The van der Waals surface area contributed by atoms with E-state index in [9.17, 15) is 18.8 Å². The zero-order valence-electron chi connectivity index (χ0n) is 24.6. The number of halogens is 1. The van der Waals surface area contributed by atoms with Crippen LogP contribution in [0.1, 0.15) is 32.7 Å². The van der Waals surface area contributed by atoms with Crippen LogP contribution in [-0.4, -0.2) is 61.6 Å². The van der Waals surface area contributed by atoms with Gasteiger partial charge in [-0.25, -0.2) is 4.39 Å². The van der Waals surface area contributed by atoms with Crippen LogP contribution < -0.4 is 24.8 Å². The molecular formula is C35H32FN3O6. The number of nitrogens with zero attached hydrogens (tertiary/aromatic N) is 1. The Hall–Kier alpha value is -5.38. The van der Waals surface area contributed by atoms with Gasteiger partial charge in [0.2, 0.25) is 0 Å². The predicted octanol–water partition coefficient (Wildman–Crippen LogP) is 4.60. The fourth-order valence-electron chi connectivity index (χ4n) is 5.61. The number of benzene rings is 4. The van der Waals surface area contributed by atoms with E-state index in [-0.39, 0.29) is 42.7 Å². The molecule has 0 unspecified atom stereocenters. The number of rotatable bonds is 3. The Bertz CT molecular complexity index is 1730. The predicted molar refractivity (Wildman–Crippen MR) is 165 cm³/mol. The highest BCUT2D eigenvalue weighted by Crippen LogP contribution is 2.29. The second-order valence-electron chi connectivity index (χ2n) is 10.9. The molecule has 230 valence electrons. The fourth-order valence-corrected chi connectivity index (χ4v) is 5.61. The van der Waals surface area contributed by atoms with Gasteiger partial charge in [-0.05, 0) is 59.2 Å². The number of hydrogen-bond donors (Lipinski definition) is 2. The Labute approximate surface area is 259 Å². The number of piperidine rings is 1. The van der Waals surface area contributed by atoms with Gasteiger partial charge >= 0.3 is 0 Å². The van der Waals surface area contributed by atoms with Crippen LogP contribution in [0, 0.1) is 5.82 Å². The molecule has 0 aromatic heterocycles. The molecule has 4 bridgehead atoms. The van der Waals surface area contributed by atoms with Gasteiger partial charge in [0.1, 0.15) is 17.7 Å². The quantitative estimate of drug-likeness (QED) is 0.352. The normalized spacial score (nSPS) is 18.4. The van der Waals surface area contributed by atoms with Gasteiger partial charge in [-0.3, -0.25) is 14.4 Å². The molecule has 0 aliphatic carbocycles. The van der Waals surface area contributed by atoms with Crippen molar-refractivity contribution in [1.29, 1.82) is 0 Å². The van der Waals surface area contributed by atoms with Crippen molar-refractivity contribution in [3.8, 4) is 28.4 Å². The van der Waals surface area contributed by atoms with Crippen LogP contribution in [0.3, 0.4) is 0 Å². The summed E-state index contributed by atoms with van der Waals surface area (Å²) < 4.78 is 32.0. The van der Waals surface area contributed by atoms with E-state index in [1.807, 2.05) is 48.5 Å². The van der Waals surface area contributed by atoms with Gasteiger partial charge in [0, 0.05) is 43.2 Å². The molecule has 45 heavy (non-hydrogen) atoms. The maximum absolute atomic E-state index is 14.6. The van der Waals surface area contributed by atoms with Gasteiger partial charge in [-0.15, -0.1) is 0 Å². The molecular weight excluding hydrogens is 577 g/mol. The zero-order chi connectivity index (χ0) is 31.3. The molecule has 0 saturated carbocycles. The zero-order valence-corrected chi connectivity index (χ0v) is 24.6. The first kappa shape index (κ1) is 29.7. The number of ether oxygens (including phenoxy) is 3. The van der Waals surface area contributed by atoms with E-state index >= 15 is 0 Å². The van der Waals surface area contributed by atoms with Crippen LogP contribution in [0.15, 0.2) is 91.0 Å². The topological polar surface area (TPSA) is 106 Å². The molecule has 2 atom stereocenters.